The molecule has 5 aromatic rings. The van der Waals surface area contributed by atoms with Crippen LogP contribution in [-0.2, 0) is 6.42 Å². The van der Waals surface area contributed by atoms with E-state index in [0.29, 0.717) is 40.2 Å². The van der Waals surface area contributed by atoms with Crippen LogP contribution in [0.25, 0.3) is 33.4 Å². The molecule has 3 heterocycles. The van der Waals surface area contributed by atoms with Crippen LogP contribution in [0.4, 0.5) is 4.39 Å². The molecule has 3 aromatic heterocycles. The van der Waals surface area contributed by atoms with Crippen molar-refractivity contribution in [1.29, 1.82) is 0 Å². The number of aromatic nitrogens is 4. The predicted molar refractivity (Wildman–Crippen MR) is 124 cm³/mol. The van der Waals surface area contributed by atoms with Gasteiger partial charge >= 0.3 is 0 Å². The Morgan fingerprint density at radius 3 is 2.52 bits per heavy atom. The van der Waals surface area contributed by atoms with Crippen molar-refractivity contribution >= 4 is 16.6 Å². The first-order valence-electron chi connectivity index (χ1n) is 10.5. The molecule has 0 fully saturated rings. The van der Waals surface area contributed by atoms with Crippen molar-refractivity contribution in [2.45, 2.75) is 13.3 Å². The summed E-state index contributed by atoms with van der Waals surface area (Å²) in [5, 5.41) is 5.14. The Balaban J connectivity index is 1.76. The highest BCUT2D eigenvalue weighted by atomic mass is 19.1. The first-order chi connectivity index (χ1) is 16.0. The summed E-state index contributed by atoms with van der Waals surface area (Å²) in [7, 11) is 3.12. The molecular formula is C25H21FN4O3. The van der Waals surface area contributed by atoms with Crippen LogP contribution in [0, 0.1) is 5.82 Å². The molecule has 0 bridgehead atoms. The largest absolute Gasteiger partial charge is 0.497 e. The molecule has 0 aliphatic heterocycles. The summed E-state index contributed by atoms with van der Waals surface area (Å²) in [4.78, 5) is 18.0. The second-order valence-electron chi connectivity index (χ2n) is 7.50. The molecular weight excluding hydrogens is 423 g/mol. The van der Waals surface area contributed by atoms with E-state index in [2.05, 4.69) is 4.98 Å². The number of hydrogen-bond acceptors (Lipinski definition) is 5. The minimum atomic E-state index is -0.305. The van der Waals surface area contributed by atoms with E-state index in [1.54, 1.807) is 61.5 Å². The molecule has 8 heteroatoms. The highest BCUT2D eigenvalue weighted by molar-refractivity contribution is 5.86. The monoisotopic (exact) mass is 444 g/mol. The maximum atomic E-state index is 13.5. The molecule has 0 aliphatic rings. The number of ether oxygens (including phenoxy) is 2. The van der Waals surface area contributed by atoms with Gasteiger partial charge in [-0.15, -0.1) is 0 Å². The van der Waals surface area contributed by atoms with Crippen molar-refractivity contribution in [3.63, 3.8) is 0 Å². The van der Waals surface area contributed by atoms with E-state index in [9.17, 15) is 9.18 Å². The van der Waals surface area contributed by atoms with E-state index >= 15 is 0 Å². The van der Waals surface area contributed by atoms with Crippen LogP contribution < -0.4 is 15.0 Å². The number of benzene rings is 2. The van der Waals surface area contributed by atoms with E-state index in [1.165, 1.54) is 16.7 Å². The molecule has 0 saturated heterocycles. The van der Waals surface area contributed by atoms with Crippen molar-refractivity contribution < 1.29 is 13.9 Å². The molecule has 33 heavy (non-hydrogen) atoms. The number of fused-ring (bicyclic) bond motifs is 3. The summed E-state index contributed by atoms with van der Waals surface area (Å²) >= 11 is 0. The van der Waals surface area contributed by atoms with Gasteiger partial charge in [-0.2, -0.15) is 5.10 Å². The topological polar surface area (TPSA) is 70.7 Å². The normalized spacial score (nSPS) is 11.3. The van der Waals surface area contributed by atoms with E-state index in [4.69, 9.17) is 14.6 Å². The van der Waals surface area contributed by atoms with Crippen LogP contribution >= 0.6 is 0 Å². The van der Waals surface area contributed by atoms with Gasteiger partial charge in [-0.25, -0.2) is 13.9 Å². The van der Waals surface area contributed by atoms with Crippen LogP contribution in [0.1, 0.15) is 12.6 Å². The molecule has 0 atom stereocenters. The zero-order chi connectivity index (χ0) is 23.1. The van der Waals surface area contributed by atoms with E-state index in [0.717, 1.165) is 16.8 Å². The van der Waals surface area contributed by atoms with Crippen LogP contribution in [0.15, 0.2) is 65.7 Å². The molecule has 7 nitrogen and oxygen atoms in total. The van der Waals surface area contributed by atoms with Gasteiger partial charge < -0.3 is 9.47 Å². The smallest absolute Gasteiger partial charge is 0.266 e. The second kappa shape index (κ2) is 8.05. The average molecular weight is 444 g/mol. The van der Waals surface area contributed by atoms with Crippen molar-refractivity contribution in [3.05, 3.63) is 82.8 Å². The quantitative estimate of drug-likeness (QED) is 0.401. The molecule has 0 N–H and O–H groups in total. The Kier molecular flexibility index (Phi) is 5.05. The van der Waals surface area contributed by atoms with Crippen LogP contribution in [-0.4, -0.2) is 33.4 Å². The van der Waals surface area contributed by atoms with Gasteiger partial charge in [-0.3, -0.25) is 9.36 Å². The molecule has 0 spiro atoms. The van der Waals surface area contributed by atoms with Gasteiger partial charge in [-0.1, -0.05) is 19.1 Å². The second-order valence-corrected chi connectivity index (χ2v) is 7.50. The fourth-order valence-electron chi connectivity index (χ4n) is 4.05. The number of aryl methyl sites for hydroxylation is 1. The minimum absolute atomic E-state index is 0.259. The molecule has 0 radical (unpaired) electrons. The third-order valence-corrected chi connectivity index (χ3v) is 5.70. The van der Waals surface area contributed by atoms with Gasteiger partial charge in [0.1, 0.15) is 17.3 Å². The van der Waals surface area contributed by atoms with Crippen molar-refractivity contribution in [2.75, 3.05) is 14.2 Å². The lowest BCUT2D eigenvalue weighted by molar-refractivity contribution is 0.401. The number of methoxy groups -OCH3 is 2. The van der Waals surface area contributed by atoms with Crippen molar-refractivity contribution in [3.8, 4) is 28.3 Å². The highest BCUT2D eigenvalue weighted by Crippen LogP contribution is 2.30. The Hall–Kier alpha value is -4.20. The predicted octanol–water partition coefficient (Wildman–Crippen LogP) is 4.42. The summed E-state index contributed by atoms with van der Waals surface area (Å²) in [5.74, 6) is 0.840. The lowest BCUT2D eigenvalue weighted by atomic mass is 10.0. The zero-order valence-electron chi connectivity index (χ0n) is 18.4. The van der Waals surface area contributed by atoms with E-state index in [1.807, 2.05) is 13.0 Å². The Labute approximate surface area is 188 Å². The van der Waals surface area contributed by atoms with Crippen molar-refractivity contribution in [2.24, 2.45) is 0 Å². The average Bonchev–Trinajstić information content (AvgIpc) is 3.23. The standard InChI is InChI=1S/C25H21FN4O3/c1-4-19-23(15-5-7-16(26)8-6-15)24-27-14-18-20(30(24)28-19)11-12-29(25(18)31)21-13-17(32-2)9-10-22(21)33-3/h5-14H,4H2,1-3H3. The lowest BCUT2D eigenvalue weighted by Gasteiger charge is -2.13. The zero-order valence-corrected chi connectivity index (χ0v) is 18.4. The minimum Gasteiger partial charge on any atom is -0.497 e. The maximum absolute atomic E-state index is 13.5. The highest BCUT2D eigenvalue weighted by Gasteiger charge is 2.19. The summed E-state index contributed by atoms with van der Waals surface area (Å²) in [6.07, 6.45) is 3.91. The molecule has 166 valence electrons. The first kappa shape index (κ1) is 20.7. The number of halogens is 1. The van der Waals surface area contributed by atoms with Gasteiger partial charge in [0.25, 0.3) is 5.56 Å². The Morgan fingerprint density at radius 2 is 1.82 bits per heavy atom. The first-order valence-corrected chi connectivity index (χ1v) is 10.5. The SMILES string of the molecule is CCc1nn2c(ncc3c(=O)n(-c4cc(OC)ccc4OC)ccc32)c1-c1ccc(F)cc1. The van der Waals surface area contributed by atoms with Gasteiger partial charge in [-0.05, 0) is 42.3 Å². The molecule has 5 rings (SSSR count). The van der Waals surface area contributed by atoms with E-state index in [-0.39, 0.29) is 11.4 Å². The molecule has 2 aromatic carbocycles. The summed E-state index contributed by atoms with van der Waals surface area (Å²) in [6.45, 7) is 2.00. The van der Waals surface area contributed by atoms with Gasteiger partial charge in [0.05, 0.1) is 36.5 Å². The van der Waals surface area contributed by atoms with Gasteiger partial charge in [0.15, 0.2) is 5.65 Å². The lowest BCUT2D eigenvalue weighted by Crippen LogP contribution is -2.19. The maximum Gasteiger partial charge on any atom is 0.266 e. The molecule has 0 saturated carbocycles. The molecule has 0 unspecified atom stereocenters. The number of hydrogen-bond donors (Lipinski definition) is 0. The van der Waals surface area contributed by atoms with E-state index < -0.39 is 0 Å². The third-order valence-electron chi connectivity index (χ3n) is 5.70. The summed E-state index contributed by atoms with van der Waals surface area (Å²) in [5.41, 5.74) is 4.02. The summed E-state index contributed by atoms with van der Waals surface area (Å²) in [6, 6.07) is 13.3. The third kappa shape index (κ3) is 3.31. The van der Waals surface area contributed by atoms with Crippen LogP contribution in [0.3, 0.4) is 0 Å². The number of nitrogens with zero attached hydrogens (tertiary/aromatic N) is 4. The molecule has 0 aliphatic carbocycles. The van der Waals surface area contributed by atoms with Crippen molar-refractivity contribution in [1.82, 2.24) is 19.2 Å². The molecule has 0 amide bonds. The Morgan fingerprint density at radius 1 is 1.03 bits per heavy atom. The van der Waals surface area contributed by atoms with Crippen LogP contribution in [0.5, 0.6) is 11.5 Å². The van der Waals surface area contributed by atoms with Gasteiger partial charge in [0.2, 0.25) is 0 Å². The van der Waals surface area contributed by atoms with Gasteiger partial charge in [0, 0.05) is 24.0 Å². The Bertz CT molecular complexity index is 1550. The number of rotatable bonds is 5. The fourth-order valence-corrected chi connectivity index (χ4v) is 4.05. The summed E-state index contributed by atoms with van der Waals surface area (Å²) < 4.78 is 27.4. The van der Waals surface area contributed by atoms with Crippen LogP contribution in [0.2, 0.25) is 0 Å². The fraction of sp³-hybridized carbons (Fsp3) is 0.160. The number of pyridine rings is 1.